The predicted molar refractivity (Wildman–Crippen MR) is 59.3 cm³/mol. The Morgan fingerprint density at radius 3 is 2.85 bits per heavy atom. The van der Waals surface area contributed by atoms with Crippen molar-refractivity contribution in [3.05, 3.63) is 11.6 Å². The molecule has 0 saturated heterocycles. The van der Waals surface area contributed by atoms with Crippen LogP contribution in [0.25, 0.3) is 0 Å². The maximum Gasteiger partial charge on any atom is 0.182 e. The minimum atomic E-state index is 0.529. The number of anilines is 1. The van der Waals surface area contributed by atoms with E-state index in [0.717, 1.165) is 11.0 Å². The molecule has 0 aromatic carbocycles. The minimum absolute atomic E-state index is 0.529. The summed E-state index contributed by atoms with van der Waals surface area (Å²) in [6, 6.07) is 0.529. The summed E-state index contributed by atoms with van der Waals surface area (Å²) in [6.07, 6.45) is 4.31. The van der Waals surface area contributed by atoms with Crippen LogP contribution < -0.4 is 5.32 Å². The van der Waals surface area contributed by atoms with Gasteiger partial charge in [0, 0.05) is 17.6 Å². The molecular weight excluding hydrogens is 180 g/mol. The Hall–Kier alpha value is -0.570. The van der Waals surface area contributed by atoms with Crippen molar-refractivity contribution in [1.82, 2.24) is 4.98 Å². The van der Waals surface area contributed by atoms with Gasteiger partial charge < -0.3 is 5.32 Å². The van der Waals surface area contributed by atoms with Gasteiger partial charge in [-0.15, -0.1) is 11.3 Å². The number of hydrogen-bond donors (Lipinski definition) is 1. The third kappa shape index (κ3) is 3.77. The molecule has 0 aliphatic rings. The van der Waals surface area contributed by atoms with Gasteiger partial charge in [0.25, 0.3) is 0 Å². The summed E-state index contributed by atoms with van der Waals surface area (Å²) in [7, 11) is 0. The molecule has 0 amide bonds. The highest BCUT2D eigenvalue weighted by Gasteiger charge is 2.07. The molecule has 1 N–H and O–H groups in total. The Labute approximate surface area is 84.4 Å². The topological polar surface area (TPSA) is 24.9 Å². The lowest BCUT2D eigenvalue weighted by atomic mass is 10.0. The molecule has 0 bridgehead atoms. The van der Waals surface area contributed by atoms with E-state index in [4.69, 9.17) is 0 Å². The summed E-state index contributed by atoms with van der Waals surface area (Å²) >= 11 is 1.66. The molecule has 2 nitrogen and oxygen atoms in total. The Morgan fingerprint density at radius 2 is 2.31 bits per heavy atom. The normalized spacial score (nSPS) is 15.3. The van der Waals surface area contributed by atoms with Crippen LogP contribution in [-0.4, -0.2) is 11.0 Å². The molecule has 2 atom stereocenters. The standard InChI is InChI=1S/C10H18N2S/c1-4-8(2)7-9(3)12-10-11-5-6-13-10/h5-6,8-9H,4,7H2,1-3H3,(H,11,12). The van der Waals surface area contributed by atoms with Crippen molar-refractivity contribution in [2.45, 2.75) is 39.7 Å². The first-order valence-electron chi connectivity index (χ1n) is 4.88. The van der Waals surface area contributed by atoms with Crippen molar-refractivity contribution in [2.24, 2.45) is 5.92 Å². The van der Waals surface area contributed by atoms with Gasteiger partial charge in [-0.05, 0) is 19.3 Å². The Morgan fingerprint density at radius 1 is 1.54 bits per heavy atom. The maximum atomic E-state index is 4.20. The number of rotatable bonds is 5. The van der Waals surface area contributed by atoms with Crippen LogP contribution in [0.3, 0.4) is 0 Å². The molecule has 0 fully saturated rings. The molecule has 74 valence electrons. The second kappa shape index (κ2) is 5.22. The van der Waals surface area contributed by atoms with Crippen LogP contribution in [0.4, 0.5) is 5.13 Å². The van der Waals surface area contributed by atoms with Crippen LogP contribution >= 0.6 is 11.3 Å². The Bertz CT molecular complexity index is 221. The van der Waals surface area contributed by atoms with E-state index < -0.39 is 0 Å². The second-order valence-corrected chi connectivity index (χ2v) is 4.53. The van der Waals surface area contributed by atoms with Gasteiger partial charge in [0.05, 0.1) is 0 Å². The minimum Gasteiger partial charge on any atom is -0.359 e. The third-order valence-corrected chi connectivity index (χ3v) is 2.96. The van der Waals surface area contributed by atoms with Gasteiger partial charge in [-0.1, -0.05) is 20.3 Å². The monoisotopic (exact) mass is 198 g/mol. The van der Waals surface area contributed by atoms with Gasteiger partial charge in [-0.25, -0.2) is 4.98 Å². The summed E-state index contributed by atoms with van der Waals surface area (Å²) in [6.45, 7) is 6.74. The van der Waals surface area contributed by atoms with Crippen molar-refractivity contribution < 1.29 is 0 Å². The van der Waals surface area contributed by atoms with Gasteiger partial charge in [0.15, 0.2) is 5.13 Å². The van der Waals surface area contributed by atoms with Gasteiger partial charge in [0.1, 0.15) is 0 Å². The number of aromatic nitrogens is 1. The highest BCUT2D eigenvalue weighted by Crippen LogP contribution is 2.16. The smallest absolute Gasteiger partial charge is 0.182 e. The molecule has 0 aliphatic heterocycles. The van der Waals surface area contributed by atoms with Crippen molar-refractivity contribution in [3.63, 3.8) is 0 Å². The fourth-order valence-corrected chi connectivity index (χ4v) is 1.98. The molecular formula is C10H18N2S. The summed E-state index contributed by atoms with van der Waals surface area (Å²) in [5, 5.41) is 6.43. The first-order chi connectivity index (χ1) is 6.22. The fourth-order valence-electron chi connectivity index (χ4n) is 1.33. The largest absolute Gasteiger partial charge is 0.359 e. The molecule has 0 spiro atoms. The lowest BCUT2D eigenvalue weighted by molar-refractivity contribution is 0.483. The van der Waals surface area contributed by atoms with Crippen molar-refractivity contribution in [3.8, 4) is 0 Å². The summed E-state index contributed by atoms with van der Waals surface area (Å²) < 4.78 is 0. The van der Waals surface area contributed by atoms with Crippen molar-refractivity contribution >= 4 is 16.5 Å². The van der Waals surface area contributed by atoms with Crippen LogP contribution in [0.5, 0.6) is 0 Å². The molecule has 1 heterocycles. The van der Waals surface area contributed by atoms with Gasteiger partial charge in [-0.2, -0.15) is 0 Å². The molecule has 13 heavy (non-hydrogen) atoms. The molecule has 1 aromatic rings. The van der Waals surface area contributed by atoms with Crippen LogP contribution in [0.1, 0.15) is 33.6 Å². The average molecular weight is 198 g/mol. The van der Waals surface area contributed by atoms with E-state index in [1.807, 2.05) is 11.6 Å². The molecule has 1 aromatic heterocycles. The van der Waals surface area contributed by atoms with E-state index >= 15 is 0 Å². The maximum absolute atomic E-state index is 4.20. The van der Waals surface area contributed by atoms with E-state index in [9.17, 15) is 0 Å². The average Bonchev–Trinajstić information content (AvgIpc) is 2.56. The van der Waals surface area contributed by atoms with Crippen LogP contribution in [-0.2, 0) is 0 Å². The quantitative estimate of drug-likeness (QED) is 0.784. The van der Waals surface area contributed by atoms with Crippen molar-refractivity contribution in [1.29, 1.82) is 0 Å². The number of nitrogens with one attached hydrogen (secondary N) is 1. The highest BCUT2D eigenvalue weighted by atomic mass is 32.1. The van der Waals surface area contributed by atoms with E-state index in [2.05, 4.69) is 31.1 Å². The summed E-state index contributed by atoms with van der Waals surface area (Å²) in [5.74, 6) is 0.794. The van der Waals surface area contributed by atoms with E-state index in [0.29, 0.717) is 6.04 Å². The fraction of sp³-hybridized carbons (Fsp3) is 0.700. The zero-order valence-electron chi connectivity index (χ0n) is 8.58. The Kier molecular flexibility index (Phi) is 4.22. The van der Waals surface area contributed by atoms with Crippen LogP contribution in [0.15, 0.2) is 11.6 Å². The highest BCUT2D eigenvalue weighted by molar-refractivity contribution is 7.13. The lowest BCUT2D eigenvalue weighted by Gasteiger charge is -2.16. The van der Waals surface area contributed by atoms with Gasteiger partial charge in [-0.3, -0.25) is 0 Å². The zero-order chi connectivity index (χ0) is 9.68. The third-order valence-electron chi connectivity index (χ3n) is 2.26. The number of nitrogens with zero attached hydrogens (tertiary/aromatic N) is 1. The van der Waals surface area contributed by atoms with E-state index in [1.165, 1.54) is 12.8 Å². The van der Waals surface area contributed by atoms with E-state index in [-0.39, 0.29) is 0 Å². The molecule has 1 rings (SSSR count). The van der Waals surface area contributed by atoms with Crippen LogP contribution in [0, 0.1) is 5.92 Å². The number of hydrogen-bond acceptors (Lipinski definition) is 3. The zero-order valence-corrected chi connectivity index (χ0v) is 9.40. The molecule has 2 unspecified atom stereocenters. The van der Waals surface area contributed by atoms with Crippen LogP contribution in [0.2, 0.25) is 0 Å². The lowest BCUT2D eigenvalue weighted by Crippen LogP contribution is -2.17. The van der Waals surface area contributed by atoms with E-state index in [1.54, 1.807) is 11.3 Å². The summed E-state index contributed by atoms with van der Waals surface area (Å²) in [4.78, 5) is 4.20. The molecule has 0 radical (unpaired) electrons. The molecule has 3 heteroatoms. The molecule has 0 saturated carbocycles. The van der Waals surface area contributed by atoms with Gasteiger partial charge >= 0.3 is 0 Å². The predicted octanol–water partition coefficient (Wildman–Crippen LogP) is 3.38. The number of thiazole rings is 1. The summed E-state index contributed by atoms with van der Waals surface area (Å²) in [5.41, 5.74) is 0. The second-order valence-electron chi connectivity index (χ2n) is 3.63. The van der Waals surface area contributed by atoms with Crippen molar-refractivity contribution in [2.75, 3.05) is 5.32 Å². The Balaban J connectivity index is 2.29. The first-order valence-corrected chi connectivity index (χ1v) is 5.76. The SMILES string of the molecule is CCC(C)CC(C)Nc1nccs1. The van der Waals surface area contributed by atoms with Gasteiger partial charge in [0.2, 0.25) is 0 Å². The first kappa shape index (κ1) is 10.5. The molecule has 0 aliphatic carbocycles.